The highest BCUT2D eigenvalue weighted by molar-refractivity contribution is 7.89. The zero-order chi connectivity index (χ0) is 16.2. The van der Waals surface area contributed by atoms with Crippen molar-refractivity contribution in [3.05, 3.63) is 54.1 Å². The number of aromatic nitrogens is 2. The summed E-state index contributed by atoms with van der Waals surface area (Å²) in [5.41, 5.74) is 0.684. The number of benzene rings is 1. The summed E-state index contributed by atoms with van der Waals surface area (Å²) in [6.45, 7) is 0.0820. The van der Waals surface area contributed by atoms with Crippen LogP contribution in [0.2, 0.25) is 0 Å². The second-order valence-electron chi connectivity index (χ2n) is 4.67. The summed E-state index contributed by atoms with van der Waals surface area (Å²) in [7, 11) is -0.641. The van der Waals surface area contributed by atoms with Crippen molar-refractivity contribution in [2.24, 2.45) is 0 Å². The third-order valence-electron chi connectivity index (χ3n) is 2.97. The molecule has 0 saturated heterocycles. The zero-order valence-electron chi connectivity index (χ0n) is 12.2. The number of hydrogen-bond acceptors (Lipinski definition) is 5. The van der Waals surface area contributed by atoms with Crippen LogP contribution in [0.5, 0.6) is 0 Å². The number of nitrogens with one attached hydrogen (secondary N) is 1. The summed E-state index contributed by atoms with van der Waals surface area (Å²) in [4.78, 5) is 19.8. The van der Waals surface area contributed by atoms with Crippen LogP contribution in [-0.4, -0.2) is 42.7 Å². The Morgan fingerprint density at radius 1 is 1.23 bits per heavy atom. The molecule has 0 radical (unpaired) electrons. The summed E-state index contributed by atoms with van der Waals surface area (Å²) in [5.74, 6) is -0.412. The standard InChI is InChI=1S/C14H16N4O3S/c1-18(2)22(20,21)13-6-4-3-5-11(13)9-17-14(19)12-10-15-7-8-16-12/h3-8,10H,9H2,1-2H3,(H,17,19). The highest BCUT2D eigenvalue weighted by atomic mass is 32.2. The molecule has 1 amide bonds. The fourth-order valence-corrected chi connectivity index (χ4v) is 2.90. The van der Waals surface area contributed by atoms with Gasteiger partial charge in [-0.3, -0.25) is 9.78 Å². The minimum Gasteiger partial charge on any atom is -0.347 e. The Labute approximate surface area is 129 Å². The second kappa shape index (κ2) is 6.63. The van der Waals surface area contributed by atoms with Crippen molar-refractivity contribution < 1.29 is 13.2 Å². The molecule has 0 bridgehead atoms. The Kier molecular flexibility index (Phi) is 4.84. The lowest BCUT2D eigenvalue weighted by Crippen LogP contribution is -2.27. The number of nitrogens with zero attached hydrogens (tertiary/aromatic N) is 3. The molecule has 2 rings (SSSR count). The monoisotopic (exact) mass is 320 g/mol. The van der Waals surface area contributed by atoms with Gasteiger partial charge in [0.2, 0.25) is 10.0 Å². The summed E-state index contributed by atoms with van der Waals surface area (Å²) in [6.07, 6.45) is 4.23. The minimum absolute atomic E-state index is 0.0820. The molecule has 0 aliphatic heterocycles. The van der Waals surface area contributed by atoms with Gasteiger partial charge in [0, 0.05) is 33.0 Å². The SMILES string of the molecule is CN(C)S(=O)(=O)c1ccccc1CNC(=O)c1cnccn1. The summed E-state index contributed by atoms with van der Waals surface area (Å²) >= 11 is 0. The van der Waals surface area contributed by atoms with Crippen molar-refractivity contribution in [2.75, 3.05) is 14.1 Å². The third kappa shape index (κ3) is 3.46. The van der Waals surface area contributed by atoms with Gasteiger partial charge in [0.15, 0.2) is 0 Å². The molecular formula is C14H16N4O3S. The van der Waals surface area contributed by atoms with Crippen LogP contribution < -0.4 is 5.32 Å². The van der Waals surface area contributed by atoms with Gasteiger partial charge in [-0.2, -0.15) is 0 Å². The number of carbonyl (C=O) groups is 1. The van der Waals surface area contributed by atoms with E-state index in [-0.39, 0.29) is 17.1 Å². The van der Waals surface area contributed by atoms with Crippen LogP contribution in [0.1, 0.15) is 16.1 Å². The lowest BCUT2D eigenvalue weighted by molar-refractivity contribution is 0.0945. The number of sulfonamides is 1. The minimum atomic E-state index is -3.57. The summed E-state index contributed by atoms with van der Waals surface area (Å²) in [5, 5.41) is 2.64. The molecule has 1 N–H and O–H groups in total. The van der Waals surface area contributed by atoms with Gasteiger partial charge in [0.25, 0.3) is 5.91 Å². The van der Waals surface area contributed by atoms with Gasteiger partial charge in [-0.05, 0) is 11.6 Å². The van der Waals surface area contributed by atoms with Crippen molar-refractivity contribution in [1.82, 2.24) is 19.6 Å². The predicted molar refractivity (Wildman–Crippen MR) is 80.5 cm³/mol. The van der Waals surface area contributed by atoms with Gasteiger partial charge in [0.1, 0.15) is 5.69 Å². The largest absolute Gasteiger partial charge is 0.347 e. The maximum atomic E-state index is 12.3. The van der Waals surface area contributed by atoms with E-state index < -0.39 is 15.9 Å². The first kappa shape index (κ1) is 16.1. The van der Waals surface area contributed by atoms with Gasteiger partial charge in [-0.1, -0.05) is 18.2 Å². The molecule has 0 spiro atoms. The summed E-state index contributed by atoms with van der Waals surface area (Å²) < 4.78 is 25.7. The Morgan fingerprint density at radius 3 is 2.59 bits per heavy atom. The van der Waals surface area contributed by atoms with Crippen molar-refractivity contribution in [1.29, 1.82) is 0 Å². The maximum Gasteiger partial charge on any atom is 0.271 e. The van der Waals surface area contributed by atoms with Crippen LogP contribution in [0.4, 0.5) is 0 Å². The molecule has 0 fully saturated rings. The molecule has 1 aromatic heterocycles. The van der Waals surface area contributed by atoms with E-state index in [9.17, 15) is 13.2 Å². The highest BCUT2D eigenvalue weighted by Gasteiger charge is 2.20. The normalized spacial score (nSPS) is 11.4. The van der Waals surface area contributed by atoms with Gasteiger partial charge < -0.3 is 5.32 Å². The van der Waals surface area contributed by atoms with E-state index in [2.05, 4.69) is 15.3 Å². The van der Waals surface area contributed by atoms with Gasteiger partial charge in [-0.15, -0.1) is 0 Å². The summed E-state index contributed by atoms with van der Waals surface area (Å²) in [6, 6.07) is 6.54. The predicted octanol–water partition coefficient (Wildman–Crippen LogP) is 0.657. The molecule has 0 aliphatic rings. The quantitative estimate of drug-likeness (QED) is 0.873. The zero-order valence-corrected chi connectivity index (χ0v) is 13.0. The molecule has 1 aromatic carbocycles. The number of carbonyl (C=O) groups excluding carboxylic acids is 1. The molecular weight excluding hydrogens is 304 g/mol. The first-order valence-corrected chi connectivity index (χ1v) is 7.91. The lowest BCUT2D eigenvalue weighted by Gasteiger charge is -2.15. The molecule has 22 heavy (non-hydrogen) atoms. The van der Waals surface area contributed by atoms with Crippen molar-refractivity contribution in [3.8, 4) is 0 Å². The number of rotatable bonds is 5. The van der Waals surface area contributed by atoms with E-state index in [1.807, 2.05) is 0 Å². The highest BCUT2D eigenvalue weighted by Crippen LogP contribution is 2.18. The average Bonchev–Trinajstić information content (AvgIpc) is 2.53. The topological polar surface area (TPSA) is 92.3 Å². The van der Waals surface area contributed by atoms with Crippen LogP contribution in [0, 0.1) is 0 Å². The van der Waals surface area contributed by atoms with E-state index in [0.29, 0.717) is 5.56 Å². The van der Waals surface area contributed by atoms with Crippen molar-refractivity contribution in [3.63, 3.8) is 0 Å². The fraction of sp³-hybridized carbons (Fsp3) is 0.214. The molecule has 0 atom stereocenters. The Bertz CT molecular complexity index is 761. The van der Waals surface area contributed by atoms with E-state index in [0.717, 1.165) is 4.31 Å². The first-order chi connectivity index (χ1) is 10.4. The van der Waals surface area contributed by atoms with Crippen molar-refractivity contribution >= 4 is 15.9 Å². The second-order valence-corrected chi connectivity index (χ2v) is 6.79. The Morgan fingerprint density at radius 2 is 1.95 bits per heavy atom. The molecule has 116 valence electrons. The van der Waals surface area contributed by atoms with Gasteiger partial charge in [-0.25, -0.2) is 17.7 Å². The molecule has 0 saturated carbocycles. The molecule has 0 unspecified atom stereocenters. The lowest BCUT2D eigenvalue weighted by atomic mass is 10.2. The molecule has 2 aromatic rings. The van der Waals surface area contributed by atoms with Crippen molar-refractivity contribution in [2.45, 2.75) is 11.4 Å². The van der Waals surface area contributed by atoms with E-state index in [4.69, 9.17) is 0 Å². The Balaban J connectivity index is 2.20. The van der Waals surface area contributed by atoms with Gasteiger partial charge in [0.05, 0.1) is 11.1 Å². The third-order valence-corrected chi connectivity index (χ3v) is 4.88. The molecule has 0 aliphatic carbocycles. The van der Waals surface area contributed by atoms with Crippen LogP contribution in [-0.2, 0) is 16.6 Å². The molecule has 1 heterocycles. The average molecular weight is 320 g/mol. The smallest absolute Gasteiger partial charge is 0.271 e. The molecule has 7 nitrogen and oxygen atoms in total. The van der Waals surface area contributed by atoms with E-state index >= 15 is 0 Å². The number of amides is 1. The van der Waals surface area contributed by atoms with E-state index in [1.54, 1.807) is 18.2 Å². The van der Waals surface area contributed by atoms with E-state index in [1.165, 1.54) is 38.8 Å². The van der Waals surface area contributed by atoms with Crippen LogP contribution >= 0.6 is 0 Å². The molecule has 8 heteroatoms. The number of hydrogen-bond donors (Lipinski definition) is 1. The van der Waals surface area contributed by atoms with Crippen LogP contribution in [0.15, 0.2) is 47.8 Å². The fourth-order valence-electron chi connectivity index (χ4n) is 1.78. The van der Waals surface area contributed by atoms with Gasteiger partial charge >= 0.3 is 0 Å². The van der Waals surface area contributed by atoms with Crippen LogP contribution in [0.25, 0.3) is 0 Å². The Hall–Kier alpha value is -2.32. The van der Waals surface area contributed by atoms with Crippen LogP contribution in [0.3, 0.4) is 0 Å². The first-order valence-electron chi connectivity index (χ1n) is 6.47. The maximum absolute atomic E-state index is 12.3.